The van der Waals surface area contributed by atoms with Gasteiger partial charge < -0.3 is 4.89 Å². The second kappa shape index (κ2) is 7.62. The Morgan fingerprint density at radius 3 is 2.57 bits per heavy atom. The van der Waals surface area contributed by atoms with Crippen molar-refractivity contribution in [3.63, 3.8) is 0 Å². The SMILES string of the molecule is CCCC#CC#CCOP(=O)(O)OC. The van der Waals surface area contributed by atoms with E-state index in [4.69, 9.17) is 4.89 Å². The fourth-order valence-corrected chi connectivity index (χ4v) is 0.812. The van der Waals surface area contributed by atoms with Crippen LogP contribution >= 0.6 is 7.82 Å². The third kappa shape index (κ3) is 7.86. The molecule has 0 rings (SSSR count). The number of rotatable bonds is 4. The Kier molecular flexibility index (Phi) is 7.20. The summed E-state index contributed by atoms with van der Waals surface area (Å²) in [4.78, 5) is 8.77. The highest BCUT2D eigenvalue weighted by Crippen LogP contribution is 2.41. The van der Waals surface area contributed by atoms with Gasteiger partial charge in [-0.1, -0.05) is 18.8 Å². The highest BCUT2D eigenvalue weighted by Gasteiger charge is 2.16. The summed E-state index contributed by atoms with van der Waals surface area (Å²) in [6.07, 6.45) is 1.78. The molecule has 0 aromatic rings. The monoisotopic (exact) mass is 216 g/mol. The van der Waals surface area contributed by atoms with Crippen LogP contribution in [0.2, 0.25) is 0 Å². The van der Waals surface area contributed by atoms with Gasteiger partial charge in [-0.15, -0.1) is 0 Å². The molecule has 4 nitrogen and oxygen atoms in total. The second-order valence-corrected chi connectivity index (χ2v) is 3.84. The summed E-state index contributed by atoms with van der Waals surface area (Å²) in [5.41, 5.74) is 0. The molecule has 0 aromatic heterocycles. The predicted molar refractivity (Wildman–Crippen MR) is 53.2 cm³/mol. The molecular weight excluding hydrogens is 203 g/mol. The van der Waals surface area contributed by atoms with Gasteiger partial charge in [-0.25, -0.2) is 4.57 Å². The van der Waals surface area contributed by atoms with E-state index in [-0.39, 0.29) is 6.61 Å². The van der Waals surface area contributed by atoms with Crippen molar-refractivity contribution in [2.24, 2.45) is 0 Å². The third-order valence-corrected chi connectivity index (χ3v) is 2.06. The maximum absolute atomic E-state index is 10.7. The van der Waals surface area contributed by atoms with Gasteiger partial charge in [0.15, 0.2) is 0 Å². The number of unbranched alkanes of at least 4 members (excludes halogenated alkanes) is 1. The van der Waals surface area contributed by atoms with E-state index in [1.165, 1.54) is 0 Å². The molecule has 0 heterocycles. The smallest absolute Gasteiger partial charge is 0.302 e. The fraction of sp³-hybridized carbons (Fsp3) is 0.556. The zero-order valence-electron chi connectivity index (χ0n) is 8.24. The molecule has 78 valence electrons. The quantitative estimate of drug-likeness (QED) is 0.572. The average molecular weight is 216 g/mol. The van der Waals surface area contributed by atoms with Crippen LogP contribution in [-0.2, 0) is 13.6 Å². The minimum Gasteiger partial charge on any atom is -0.302 e. The molecule has 1 unspecified atom stereocenters. The lowest BCUT2D eigenvalue weighted by Gasteiger charge is -2.04. The molecule has 0 fully saturated rings. The van der Waals surface area contributed by atoms with Gasteiger partial charge in [0.05, 0.1) is 0 Å². The first-order valence-corrected chi connectivity index (χ1v) is 5.60. The van der Waals surface area contributed by atoms with Gasteiger partial charge in [-0.3, -0.25) is 9.05 Å². The average Bonchev–Trinajstić information content (AvgIpc) is 2.16. The van der Waals surface area contributed by atoms with Crippen molar-refractivity contribution in [3.05, 3.63) is 0 Å². The molecule has 1 N–H and O–H groups in total. The lowest BCUT2D eigenvalue weighted by atomic mass is 10.3. The van der Waals surface area contributed by atoms with E-state index < -0.39 is 7.82 Å². The minimum atomic E-state index is -3.89. The van der Waals surface area contributed by atoms with Crippen molar-refractivity contribution in [2.75, 3.05) is 13.7 Å². The number of hydrogen-bond acceptors (Lipinski definition) is 3. The summed E-state index contributed by atoms with van der Waals surface area (Å²) >= 11 is 0. The van der Waals surface area contributed by atoms with Gasteiger partial charge in [0.2, 0.25) is 0 Å². The lowest BCUT2D eigenvalue weighted by molar-refractivity contribution is 0.190. The van der Waals surface area contributed by atoms with Gasteiger partial charge >= 0.3 is 7.82 Å². The Morgan fingerprint density at radius 1 is 1.36 bits per heavy atom. The van der Waals surface area contributed by atoms with Gasteiger partial charge in [0.25, 0.3) is 0 Å². The van der Waals surface area contributed by atoms with Crippen molar-refractivity contribution in [1.82, 2.24) is 0 Å². The summed E-state index contributed by atoms with van der Waals surface area (Å²) in [5.74, 6) is 10.4. The van der Waals surface area contributed by atoms with Gasteiger partial charge in [0.1, 0.15) is 6.61 Å². The predicted octanol–water partition coefficient (Wildman–Crippen LogP) is 1.56. The summed E-state index contributed by atoms with van der Waals surface area (Å²) in [6, 6.07) is 0. The number of phosphoric acid groups is 1. The molecule has 0 saturated heterocycles. The topological polar surface area (TPSA) is 55.8 Å². The maximum Gasteiger partial charge on any atom is 0.472 e. The Balaban J connectivity index is 3.75. The normalized spacial score (nSPS) is 13.1. The van der Waals surface area contributed by atoms with Crippen LogP contribution in [0.5, 0.6) is 0 Å². The molecule has 0 amide bonds. The maximum atomic E-state index is 10.7. The van der Waals surface area contributed by atoms with E-state index in [1.807, 2.05) is 6.92 Å². The van der Waals surface area contributed by atoms with Crippen molar-refractivity contribution in [1.29, 1.82) is 0 Å². The van der Waals surface area contributed by atoms with E-state index in [0.717, 1.165) is 20.0 Å². The van der Waals surface area contributed by atoms with E-state index >= 15 is 0 Å². The molecule has 0 aliphatic rings. The molecule has 0 spiro atoms. The standard InChI is InChI=1S/C9H13O4P/c1-3-4-5-6-7-8-9-13-14(10,11)12-2/h3-4,9H2,1-2H3,(H,10,11). The second-order valence-electron chi connectivity index (χ2n) is 2.28. The molecule has 0 aliphatic carbocycles. The Labute approximate surface area is 84.2 Å². The van der Waals surface area contributed by atoms with Crippen LogP contribution in [0.1, 0.15) is 19.8 Å². The molecular formula is C9H13O4P. The molecule has 0 aromatic carbocycles. The summed E-state index contributed by atoms with van der Waals surface area (Å²) in [6.45, 7) is 1.86. The zero-order valence-corrected chi connectivity index (χ0v) is 9.13. The van der Waals surface area contributed by atoms with Crippen LogP contribution < -0.4 is 0 Å². The van der Waals surface area contributed by atoms with Gasteiger partial charge in [-0.05, 0) is 18.3 Å². The van der Waals surface area contributed by atoms with Crippen LogP contribution in [0, 0.1) is 23.7 Å². The molecule has 14 heavy (non-hydrogen) atoms. The van der Waals surface area contributed by atoms with E-state index in [0.29, 0.717) is 0 Å². The Morgan fingerprint density at radius 2 is 2.00 bits per heavy atom. The van der Waals surface area contributed by atoms with Crippen LogP contribution in [0.15, 0.2) is 0 Å². The van der Waals surface area contributed by atoms with Crippen LogP contribution in [-0.4, -0.2) is 18.6 Å². The Bertz CT molecular complexity index is 315. The molecule has 0 bridgehead atoms. The third-order valence-electron chi connectivity index (χ3n) is 1.14. The van der Waals surface area contributed by atoms with Crippen molar-refractivity contribution >= 4 is 7.82 Å². The number of hydrogen-bond donors (Lipinski definition) is 1. The largest absolute Gasteiger partial charge is 0.472 e. The van der Waals surface area contributed by atoms with E-state index in [2.05, 4.69) is 32.7 Å². The molecule has 5 heteroatoms. The first-order valence-electron chi connectivity index (χ1n) is 4.11. The van der Waals surface area contributed by atoms with E-state index in [1.54, 1.807) is 0 Å². The first-order chi connectivity index (χ1) is 6.62. The summed E-state index contributed by atoms with van der Waals surface area (Å²) in [7, 11) is -2.79. The van der Waals surface area contributed by atoms with Crippen LogP contribution in [0.3, 0.4) is 0 Å². The van der Waals surface area contributed by atoms with Gasteiger partial charge in [0, 0.05) is 13.5 Å². The minimum absolute atomic E-state index is 0.164. The van der Waals surface area contributed by atoms with Crippen molar-refractivity contribution < 1.29 is 18.5 Å². The number of phosphoric ester groups is 1. The van der Waals surface area contributed by atoms with E-state index in [9.17, 15) is 4.57 Å². The lowest BCUT2D eigenvalue weighted by Crippen LogP contribution is -1.91. The van der Waals surface area contributed by atoms with Crippen LogP contribution in [0.25, 0.3) is 0 Å². The summed E-state index contributed by atoms with van der Waals surface area (Å²) < 4.78 is 19.3. The van der Waals surface area contributed by atoms with Crippen LogP contribution in [0.4, 0.5) is 0 Å². The van der Waals surface area contributed by atoms with Crippen molar-refractivity contribution in [2.45, 2.75) is 19.8 Å². The summed E-state index contributed by atoms with van der Waals surface area (Å²) in [5, 5.41) is 0. The zero-order chi connectivity index (χ0) is 10.9. The highest BCUT2D eigenvalue weighted by molar-refractivity contribution is 7.47. The highest BCUT2D eigenvalue weighted by atomic mass is 31.2. The Hall–Kier alpha value is -0.770. The van der Waals surface area contributed by atoms with Gasteiger partial charge in [-0.2, -0.15) is 0 Å². The first kappa shape index (κ1) is 13.2. The van der Waals surface area contributed by atoms with Crippen molar-refractivity contribution in [3.8, 4) is 23.7 Å². The fourth-order valence-electron chi connectivity index (χ4n) is 0.479. The molecule has 0 radical (unpaired) electrons. The molecule has 1 atom stereocenters. The molecule has 0 aliphatic heterocycles. The molecule has 0 saturated carbocycles.